The van der Waals surface area contributed by atoms with Crippen LogP contribution >= 0.6 is 35.0 Å². The van der Waals surface area contributed by atoms with Crippen molar-refractivity contribution in [2.45, 2.75) is 25.7 Å². The van der Waals surface area contributed by atoms with Crippen molar-refractivity contribution in [3.63, 3.8) is 0 Å². The van der Waals surface area contributed by atoms with Gasteiger partial charge in [0.2, 0.25) is 0 Å². The first-order valence-corrected chi connectivity index (χ1v) is 13.9. The zero-order chi connectivity index (χ0) is 28.1. The molecule has 0 amide bonds. The standard InChI is InChI=1S/C24H30Cl2N2O2S.C6H5F/c1-24(2,18-8-10-21(29-5)22(14-18)30-6)23(15-27-3)28(4)16-31-12-11-17-7-9-19(25)20(26)13-17;7-6-4-2-1-3-5-6/h7-10,13-15H,3,11-12,16H2,1-2,4-6H3;1-5H/b23-15-;. The highest BCUT2D eigenvalue weighted by atomic mass is 35.5. The number of halogens is 3. The molecule has 0 bridgehead atoms. The van der Waals surface area contributed by atoms with Crippen LogP contribution in [0.1, 0.15) is 25.0 Å². The molecule has 204 valence electrons. The van der Waals surface area contributed by atoms with Crippen LogP contribution in [0.2, 0.25) is 10.0 Å². The van der Waals surface area contributed by atoms with Crippen molar-refractivity contribution >= 4 is 41.7 Å². The van der Waals surface area contributed by atoms with Crippen LogP contribution in [0, 0.1) is 5.82 Å². The first kappa shape index (κ1) is 31.5. The summed E-state index contributed by atoms with van der Waals surface area (Å²) in [5, 5.41) is 1.18. The smallest absolute Gasteiger partial charge is 0.161 e. The Bertz CT molecular complexity index is 1210. The number of likely N-dealkylation sites (N-methyl/N-ethyl adjacent to an activating group) is 1. The second-order valence-corrected chi connectivity index (χ2v) is 10.8. The van der Waals surface area contributed by atoms with E-state index in [1.807, 2.05) is 48.3 Å². The second kappa shape index (κ2) is 15.7. The van der Waals surface area contributed by atoms with Crippen LogP contribution in [0.4, 0.5) is 4.39 Å². The molecule has 0 aromatic heterocycles. The van der Waals surface area contributed by atoms with Gasteiger partial charge in [-0.1, -0.05) is 67.4 Å². The highest BCUT2D eigenvalue weighted by Crippen LogP contribution is 2.38. The largest absolute Gasteiger partial charge is 0.493 e. The Kier molecular flexibility index (Phi) is 13.0. The summed E-state index contributed by atoms with van der Waals surface area (Å²) in [6, 6.07) is 19.7. The predicted octanol–water partition coefficient (Wildman–Crippen LogP) is 8.52. The van der Waals surface area contributed by atoms with Crippen molar-refractivity contribution in [2.75, 3.05) is 32.9 Å². The first-order valence-electron chi connectivity index (χ1n) is 12.0. The molecule has 0 atom stereocenters. The lowest BCUT2D eigenvalue weighted by Gasteiger charge is -2.35. The molecule has 0 aliphatic carbocycles. The number of benzene rings is 3. The maximum absolute atomic E-state index is 11.9. The highest BCUT2D eigenvalue weighted by molar-refractivity contribution is 7.99. The van der Waals surface area contributed by atoms with E-state index in [0.717, 1.165) is 29.3 Å². The van der Waals surface area contributed by atoms with Gasteiger partial charge in [0.25, 0.3) is 0 Å². The number of aryl methyl sites for hydroxylation is 1. The van der Waals surface area contributed by atoms with E-state index in [2.05, 4.69) is 43.6 Å². The average Bonchev–Trinajstić information content (AvgIpc) is 2.91. The van der Waals surface area contributed by atoms with Crippen LogP contribution in [0.5, 0.6) is 11.5 Å². The fourth-order valence-electron chi connectivity index (χ4n) is 3.77. The van der Waals surface area contributed by atoms with Gasteiger partial charge in [0, 0.05) is 24.4 Å². The molecule has 0 saturated carbocycles. The van der Waals surface area contributed by atoms with Crippen molar-refractivity contribution < 1.29 is 13.9 Å². The molecule has 0 fully saturated rings. The van der Waals surface area contributed by atoms with Gasteiger partial charge in [-0.25, -0.2) is 4.39 Å². The van der Waals surface area contributed by atoms with Crippen LogP contribution in [0.3, 0.4) is 0 Å². The summed E-state index contributed by atoms with van der Waals surface area (Å²) in [5.41, 5.74) is 3.04. The number of methoxy groups -OCH3 is 2. The van der Waals surface area contributed by atoms with E-state index < -0.39 is 0 Å². The lowest BCUT2D eigenvalue weighted by molar-refractivity contribution is 0.351. The van der Waals surface area contributed by atoms with Gasteiger partial charge in [-0.2, -0.15) is 0 Å². The van der Waals surface area contributed by atoms with Gasteiger partial charge < -0.3 is 14.4 Å². The molecule has 0 unspecified atom stereocenters. The van der Waals surface area contributed by atoms with Gasteiger partial charge in [0.1, 0.15) is 5.82 Å². The normalized spacial score (nSPS) is 11.3. The summed E-state index contributed by atoms with van der Waals surface area (Å²) in [6.07, 6.45) is 2.75. The summed E-state index contributed by atoms with van der Waals surface area (Å²) in [4.78, 5) is 6.29. The molecule has 0 saturated heterocycles. The summed E-state index contributed by atoms with van der Waals surface area (Å²) >= 11 is 14.0. The third-order valence-electron chi connectivity index (χ3n) is 5.91. The molecule has 0 aliphatic heterocycles. The van der Waals surface area contributed by atoms with E-state index in [0.29, 0.717) is 21.5 Å². The number of nitrogens with zero attached hydrogens (tertiary/aromatic N) is 2. The van der Waals surface area contributed by atoms with Crippen LogP contribution in [0.15, 0.2) is 83.6 Å². The number of hydrogen-bond acceptors (Lipinski definition) is 5. The molecule has 0 heterocycles. The summed E-state index contributed by atoms with van der Waals surface area (Å²) in [6.45, 7) is 8.01. The van der Waals surface area contributed by atoms with E-state index in [9.17, 15) is 4.39 Å². The third kappa shape index (κ3) is 9.26. The van der Waals surface area contributed by atoms with Gasteiger partial charge in [-0.3, -0.25) is 4.99 Å². The Morgan fingerprint density at radius 3 is 2.24 bits per heavy atom. The quantitative estimate of drug-likeness (QED) is 0.130. The van der Waals surface area contributed by atoms with Gasteiger partial charge in [0.15, 0.2) is 11.5 Å². The Hall–Kier alpha value is -2.67. The SMILES string of the molecule is C=N/C=C(\N(C)CSCCc1ccc(Cl)c(Cl)c1)C(C)(C)c1ccc(OC)c(OC)c1.Fc1ccccc1. The van der Waals surface area contributed by atoms with Gasteiger partial charge in [0.05, 0.1) is 30.1 Å². The summed E-state index contributed by atoms with van der Waals surface area (Å²) in [5.74, 6) is 3.02. The fraction of sp³-hybridized carbons (Fsp3) is 0.300. The molecule has 8 heteroatoms. The second-order valence-electron chi connectivity index (χ2n) is 8.92. The van der Waals surface area contributed by atoms with Crippen molar-refractivity contribution in [2.24, 2.45) is 4.99 Å². The third-order valence-corrected chi connectivity index (χ3v) is 7.71. The topological polar surface area (TPSA) is 34.1 Å². The van der Waals surface area contributed by atoms with Crippen LogP contribution < -0.4 is 9.47 Å². The molecule has 0 aliphatic rings. The molecule has 4 nitrogen and oxygen atoms in total. The fourth-order valence-corrected chi connectivity index (χ4v) is 5.01. The first-order chi connectivity index (χ1) is 18.1. The average molecular weight is 578 g/mol. The number of thioether (sulfide) groups is 1. The zero-order valence-corrected chi connectivity index (χ0v) is 24.8. The number of hydrogen-bond donors (Lipinski definition) is 0. The van der Waals surface area contributed by atoms with Crippen LogP contribution in [-0.2, 0) is 11.8 Å². The van der Waals surface area contributed by atoms with Gasteiger partial charge in [-0.15, -0.1) is 11.8 Å². The van der Waals surface area contributed by atoms with Gasteiger partial charge in [-0.05, 0) is 66.4 Å². The zero-order valence-electron chi connectivity index (χ0n) is 22.5. The molecule has 3 aromatic carbocycles. The summed E-state index contributed by atoms with van der Waals surface area (Å²) < 4.78 is 22.8. The molecule has 3 rings (SSSR count). The van der Waals surface area contributed by atoms with E-state index in [4.69, 9.17) is 32.7 Å². The molecule has 3 aromatic rings. The minimum absolute atomic E-state index is 0.178. The number of ether oxygens (including phenoxy) is 2. The minimum atomic E-state index is -0.306. The van der Waals surface area contributed by atoms with E-state index in [1.165, 1.54) is 17.7 Å². The number of aliphatic imine (C=N–C) groups is 1. The number of allylic oxidation sites excluding steroid dienone is 1. The molecular formula is C30H35Cl2FN2O2S. The van der Waals surface area contributed by atoms with E-state index >= 15 is 0 Å². The Labute approximate surface area is 240 Å². The maximum atomic E-state index is 11.9. The highest BCUT2D eigenvalue weighted by Gasteiger charge is 2.29. The predicted molar refractivity (Wildman–Crippen MR) is 162 cm³/mol. The lowest BCUT2D eigenvalue weighted by atomic mass is 9.81. The van der Waals surface area contributed by atoms with E-state index in [-0.39, 0.29) is 11.2 Å². The molecule has 0 N–H and O–H groups in total. The Balaban J connectivity index is 0.000000624. The maximum Gasteiger partial charge on any atom is 0.161 e. The monoisotopic (exact) mass is 576 g/mol. The van der Waals surface area contributed by atoms with Crippen molar-refractivity contribution in [1.82, 2.24) is 4.90 Å². The van der Waals surface area contributed by atoms with Crippen molar-refractivity contribution in [1.29, 1.82) is 0 Å². The Morgan fingerprint density at radius 1 is 1.00 bits per heavy atom. The molecule has 0 spiro atoms. The molecule has 38 heavy (non-hydrogen) atoms. The van der Waals surface area contributed by atoms with Gasteiger partial charge >= 0.3 is 0 Å². The number of rotatable bonds is 11. The lowest BCUT2D eigenvalue weighted by Crippen LogP contribution is -2.32. The van der Waals surface area contributed by atoms with Crippen LogP contribution in [0.25, 0.3) is 0 Å². The Morgan fingerprint density at radius 2 is 1.68 bits per heavy atom. The minimum Gasteiger partial charge on any atom is -0.493 e. The van der Waals surface area contributed by atoms with Crippen molar-refractivity contribution in [3.05, 3.63) is 106 Å². The molecular weight excluding hydrogens is 542 g/mol. The summed E-state index contributed by atoms with van der Waals surface area (Å²) in [7, 11) is 5.36. The molecule has 0 radical (unpaired) electrons. The van der Waals surface area contributed by atoms with Crippen molar-refractivity contribution in [3.8, 4) is 11.5 Å². The van der Waals surface area contributed by atoms with Crippen LogP contribution in [-0.4, -0.2) is 44.5 Å². The van der Waals surface area contributed by atoms with E-state index in [1.54, 1.807) is 32.4 Å².